The predicted octanol–water partition coefficient (Wildman–Crippen LogP) is 3.11. The molecule has 3 nitrogen and oxygen atoms in total. The predicted molar refractivity (Wildman–Crippen MR) is 83.6 cm³/mol. The number of nitrogens with two attached hydrogens (primary N) is 1. The van der Waals surface area contributed by atoms with Crippen LogP contribution >= 0.6 is 0 Å². The highest BCUT2D eigenvalue weighted by Gasteiger charge is 2.30. The molecule has 0 amide bonds. The summed E-state index contributed by atoms with van der Waals surface area (Å²) in [5.41, 5.74) is 7.75. The molecule has 2 N–H and O–H groups in total. The standard InChI is InChI=1S/C17H23N3/c1-2-9-20-10-5-8-16(18)17(20)15-12-19-11-13-6-3-4-7-14(13)15/h3-4,6-7,11-12,16-17H,2,5,8-10,18H2,1H3. The molecule has 0 bridgehead atoms. The number of nitrogens with zero attached hydrogens (tertiary/aromatic N) is 2. The zero-order valence-corrected chi connectivity index (χ0v) is 12.1. The third-order valence-corrected chi connectivity index (χ3v) is 4.31. The van der Waals surface area contributed by atoms with Crippen molar-refractivity contribution in [3.63, 3.8) is 0 Å². The number of pyridine rings is 1. The lowest BCUT2D eigenvalue weighted by Crippen LogP contribution is -2.46. The number of likely N-dealkylation sites (tertiary alicyclic amines) is 1. The second kappa shape index (κ2) is 5.90. The Balaban J connectivity index is 2.06. The van der Waals surface area contributed by atoms with Crippen LogP contribution in [0.3, 0.4) is 0 Å². The number of rotatable bonds is 3. The van der Waals surface area contributed by atoms with Crippen LogP contribution < -0.4 is 5.73 Å². The molecule has 2 atom stereocenters. The van der Waals surface area contributed by atoms with Gasteiger partial charge in [-0.25, -0.2) is 0 Å². The minimum atomic E-state index is 0.211. The van der Waals surface area contributed by atoms with Crippen LogP contribution in [-0.4, -0.2) is 29.0 Å². The number of fused-ring (bicyclic) bond motifs is 1. The van der Waals surface area contributed by atoms with Gasteiger partial charge in [0.15, 0.2) is 0 Å². The van der Waals surface area contributed by atoms with Gasteiger partial charge in [-0.3, -0.25) is 9.88 Å². The van der Waals surface area contributed by atoms with Gasteiger partial charge in [-0.1, -0.05) is 31.2 Å². The fourth-order valence-corrected chi connectivity index (χ4v) is 3.44. The van der Waals surface area contributed by atoms with Gasteiger partial charge in [0.2, 0.25) is 0 Å². The molecule has 2 heterocycles. The quantitative estimate of drug-likeness (QED) is 0.931. The van der Waals surface area contributed by atoms with Crippen molar-refractivity contribution in [1.29, 1.82) is 0 Å². The second-order valence-corrected chi connectivity index (χ2v) is 5.74. The van der Waals surface area contributed by atoms with Gasteiger partial charge < -0.3 is 5.73 Å². The molecular formula is C17H23N3. The van der Waals surface area contributed by atoms with E-state index in [0.29, 0.717) is 6.04 Å². The minimum Gasteiger partial charge on any atom is -0.326 e. The number of benzene rings is 1. The van der Waals surface area contributed by atoms with Crippen molar-refractivity contribution >= 4 is 10.8 Å². The van der Waals surface area contributed by atoms with E-state index in [9.17, 15) is 0 Å². The molecule has 0 spiro atoms. The lowest BCUT2D eigenvalue weighted by Gasteiger charge is -2.40. The Labute approximate surface area is 120 Å². The molecule has 1 fully saturated rings. The van der Waals surface area contributed by atoms with Crippen LogP contribution in [0.1, 0.15) is 37.8 Å². The van der Waals surface area contributed by atoms with Crippen LogP contribution in [0.25, 0.3) is 10.8 Å². The molecule has 3 rings (SSSR count). The highest BCUT2D eigenvalue weighted by atomic mass is 15.2. The van der Waals surface area contributed by atoms with Crippen molar-refractivity contribution in [2.24, 2.45) is 5.73 Å². The van der Waals surface area contributed by atoms with E-state index in [1.165, 1.54) is 29.2 Å². The average molecular weight is 269 g/mol. The summed E-state index contributed by atoms with van der Waals surface area (Å²) in [6, 6.07) is 9.01. The number of hydrogen-bond donors (Lipinski definition) is 1. The van der Waals surface area contributed by atoms with Gasteiger partial charge in [0.25, 0.3) is 0 Å². The molecule has 0 aliphatic carbocycles. The van der Waals surface area contributed by atoms with E-state index in [2.05, 4.69) is 41.1 Å². The summed E-state index contributed by atoms with van der Waals surface area (Å²) in [6.07, 6.45) is 7.43. The number of hydrogen-bond acceptors (Lipinski definition) is 3. The van der Waals surface area contributed by atoms with E-state index in [0.717, 1.165) is 19.5 Å². The minimum absolute atomic E-state index is 0.211. The van der Waals surface area contributed by atoms with E-state index in [1.54, 1.807) is 0 Å². The van der Waals surface area contributed by atoms with Crippen molar-refractivity contribution in [2.75, 3.05) is 13.1 Å². The van der Waals surface area contributed by atoms with Crippen molar-refractivity contribution in [3.05, 3.63) is 42.2 Å². The summed E-state index contributed by atoms with van der Waals surface area (Å²) in [4.78, 5) is 6.97. The summed E-state index contributed by atoms with van der Waals surface area (Å²) in [7, 11) is 0. The molecule has 0 saturated carbocycles. The van der Waals surface area contributed by atoms with Crippen LogP contribution in [0, 0.1) is 0 Å². The zero-order chi connectivity index (χ0) is 13.9. The Morgan fingerprint density at radius 3 is 3.00 bits per heavy atom. The van der Waals surface area contributed by atoms with Gasteiger partial charge in [0, 0.05) is 23.8 Å². The van der Waals surface area contributed by atoms with Crippen LogP contribution in [0.2, 0.25) is 0 Å². The van der Waals surface area contributed by atoms with Gasteiger partial charge in [0.1, 0.15) is 0 Å². The largest absolute Gasteiger partial charge is 0.326 e. The van der Waals surface area contributed by atoms with E-state index in [-0.39, 0.29) is 6.04 Å². The Morgan fingerprint density at radius 2 is 2.15 bits per heavy atom. The van der Waals surface area contributed by atoms with Gasteiger partial charge in [-0.2, -0.15) is 0 Å². The third kappa shape index (κ3) is 2.43. The van der Waals surface area contributed by atoms with E-state index in [4.69, 9.17) is 5.73 Å². The maximum absolute atomic E-state index is 6.45. The monoisotopic (exact) mass is 269 g/mol. The molecule has 1 aromatic heterocycles. The van der Waals surface area contributed by atoms with E-state index < -0.39 is 0 Å². The van der Waals surface area contributed by atoms with Gasteiger partial charge in [-0.15, -0.1) is 0 Å². The molecule has 0 radical (unpaired) electrons. The van der Waals surface area contributed by atoms with Crippen LogP contribution in [0.15, 0.2) is 36.7 Å². The fraction of sp³-hybridized carbons (Fsp3) is 0.471. The SMILES string of the molecule is CCCN1CCCC(N)C1c1cncc2ccccc12. The van der Waals surface area contributed by atoms with Crippen LogP contribution in [0.4, 0.5) is 0 Å². The lowest BCUT2D eigenvalue weighted by atomic mass is 9.89. The van der Waals surface area contributed by atoms with Gasteiger partial charge in [-0.05, 0) is 43.3 Å². The number of aromatic nitrogens is 1. The van der Waals surface area contributed by atoms with Gasteiger partial charge >= 0.3 is 0 Å². The second-order valence-electron chi connectivity index (χ2n) is 5.74. The summed E-state index contributed by atoms with van der Waals surface area (Å²) in [5.74, 6) is 0. The van der Waals surface area contributed by atoms with Crippen molar-refractivity contribution in [1.82, 2.24) is 9.88 Å². The highest BCUT2D eigenvalue weighted by Crippen LogP contribution is 2.33. The molecular weight excluding hydrogens is 246 g/mol. The first kappa shape index (κ1) is 13.5. The Hall–Kier alpha value is -1.45. The molecule has 106 valence electrons. The van der Waals surface area contributed by atoms with Crippen molar-refractivity contribution in [2.45, 2.75) is 38.3 Å². The first-order chi connectivity index (χ1) is 9.81. The van der Waals surface area contributed by atoms with Crippen molar-refractivity contribution in [3.8, 4) is 0 Å². The van der Waals surface area contributed by atoms with Gasteiger partial charge in [0.05, 0.1) is 6.04 Å². The highest BCUT2D eigenvalue weighted by molar-refractivity contribution is 5.85. The zero-order valence-electron chi connectivity index (χ0n) is 12.1. The summed E-state index contributed by atoms with van der Waals surface area (Å²) in [6.45, 7) is 4.50. The first-order valence-electron chi connectivity index (χ1n) is 7.63. The van der Waals surface area contributed by atoms with E-state index in [1.807, 2.05) is 12.4 Å². The molecule has 20 heavy (non-hydrogen) atoms. The average Bonchev–Trinajstić information content (AvgIpc) is 2.48. The third-order valence-electron chi connectivity index (χ3n) is 4.31. The van der Waals surface area contributed by atoms with Crippen LogP contribution in [-0.2, 0) is 0 Å². The molecule has 1 aromatic carbocycles. The summed E-state index contributed by atoms with van der Waals surface area (Å²) in [5, 5.41) is 2.50. The molecule has 1 aliphatic rings. The molecule has 2 unspecified atom stereocenters. The topological polar surface area (TPSA) is 42.1 Å². The van der Waals surface area contributed by atoms with E-state index >= 15 is 0 Å². The normalized spacial score (nSPS) is 24.1. The first-order valence-corrected chi connectivity index (χ1v) is 7.63. The number of piperidine rings is 1. The smallest absolute Gasteiger partial charge is 0.0520 e. The fourth-order valence-electron chi connectivity index (χ4n) is 3.44. The molecule has 3 heteroatoms. The van der Waals surface area contributed by atoms with Crippen molar-refractivity contribution < 1.29 is 0 Å². The summed E-state index contributed by atoms with van der Waals surface area (Å²) < 4.78 is 0. The Bertz CT molecular complexity index is 574. The van der Waals surface area contributed by atoms with Crippen LogP contribution in [0.5, 0.6) is 0 Å². The summed E-state index contributed by atoms with van der Waals surface area (Å²) >= 11 is 0. The lowest BCUT2D eigenvalue weighted by molar-refractivity contribution is 0.129. The Kier molecular flexibility index (Phi) is 3.99. The Morgan fingerprint density at radius 1 is 1.30 bits per heavy atom. The maximum Gasteiger partial charge on any atom is 0.0520 e. The molecule has 1 aliphatic heterocycles. The molecule has 1 saturated heterocycles. The maximum atomic E-state index is 6.45. The molecule has 2 aromatic rings.